The second-order valence-corrected chi connectivity index (χ2v) is 5.65. The minimum atomic E-state index is -0.288. The van der Waals surface area contributed by atoms with Crippen molar-refractivity contribution in [2.75, 3.05) is 13.1 Å². The zero-order valence-corrected chi connectivity index (χ0v) is 11.2. The molecule has 0 aliphatic carbocycles. The van der Waals surface area contributed by atoms with Crippen LogP contribution < -0.4 is 0 Å². The topological polar surface area (TPSA) is 37.4 Å². The zero-order valence-electron chi connectivity index (χ0n) is 11.2. The van der Waals surface area contributed by atoms with Gasteiger partial charge in [0.2, 0.25) is 0 Å². The lowest BCUT2D eigenvalue weighted by atomic mass is 9.81. The Morgan fingerprint density at radius 1 is 1.33 bits per heavy atom. The Hall–Kier alpha value is -1.64. The van der Waals surface area contributed by atoms with Crippen molar-refractivity contribution < 1.29 is 9.59 Å². The molecule has 18 heavy (non-hydrogen) atoms. The van der Waals surface area contributed by atoms with Crippen LogP contribution in [-0.4, -0.2) is 29.7 Å². The number of Topliss-reactive ketones (excluding diaryl/α,β-unsaturated/α-hetero) is 1. The molecule has 1 aromatic carbocycles. The molecular formula is C15H19NO2. The fourth-order valence-corrected chi connectivity index (χ4v) is 2.15. The molecule has 0 N–H and O–H groups in total. The number of hydrogen-bond acceptors (Lipinski definition) is 2. The van der Waals surface area contributed by atoms with Crippen LogP contribution in [0.25, 0.3) is 0 Å². The van der Waals surface area contributed by atoms with Crippen molar-refractivity contribution >= 4 is 11.7 Å². The molecule has 0 spiro atoms. The van der Waals surface area contributed by atoms with Gasteiger partial charge in [-0.15, -0.1) is 0 Å². The van der Waals surface area contributed by atoms with Gasteiger partial charge in [-0.05, 0) is 25.5 Å². The van der Waals surface area contributed by atoms with E-state index in [9.17, 15) is 9.59 Å². The monoisotopic (exact) mass is 245 g/mol. The molecule has 96 valence electrons. The van der Waals surface area contributed by atoms with E-state index in [-0.39, 0.29) is 23.7 Å². The number of ketones is 1. The van der Waals surface area contributed by atoms with Crippen LogP contribution in [0.1, 0.15) is 36.2 Å². The molecular weight excluding hydrogens is 226 g/mol. The summed E-state index contributed by atoms with van der Waals surface area (Å²) < 4.78 is 0. The van der Waals surface area contributed by atoms with E-state index in [0.717, 1.165) is 12.0 Å². The molecule has 0 aromatic heterocycles. The van der Waals surface area contributed by atoms with E-state index in [1.807, 2.05) is 39.0 Å². The lowest BCUT2D eigenvalue weighted by molar-refractivity contribution is -0.130. The first kappa shape index (κ1) is 12.8. The molecule has 0 atom stereocenters. The van der Waals surface area contributed by atoms with Gasteiger partial charge in [-0.2, -0.15) is 0 Å². The summed E-state index contributed by atoms with van der Waals surface area (Å²) in [6.45, 7) is 6.75. The highest BCUT2D eigenvalue weighted by Gasteiger charge is 2.35. The number of hydrogen-bond donors (Lipinski definition) is 0. The van der Waals surface area contributed by atoms with Crippen LogP contribution in [0.4, 0.5) is 0 Å². The van der Waals surface area contributed by atoms with Gasteiger partial charge >= 0.3 is 0 Å². The van der Waals surface area contributed by atoms with Crippen molar-refractivity contribution in [1.82, 2.24) is 4.90 Å². The summed E-state index contributed by atoms with van der Waals surface area (Å²) in [6.07, 6.45) is 0.739. The number of rotatable bonds is 1. The minimum Gasteiger partial charge on any atom is -0.331 e. The highest BCUT2D eigenvalue weighted by atomic mass is 16.2. The van der Waals surface area contributed by atoms with Gasteiger partial charge in [-0.25, -0.2) is 0 Å². The van der Waals surface area contributed by atoms with Crippen LogP contribution in [0.2, 0.25) is 0 Å². The largest absolute Gasteiger partial charge is 0.331 e. The Balaban J connectivity index is 2.14. The highest BCUT2D eigenvalue weighted by molar-refractivity contribution is 5.98. The summed E-state index contributed by atoms with van der Waals surface area (Å²) in [5.41, 5.74) is 1.44. The Kier molecular flexibility index (Phi) is 3.24. The smallest absolute Gasteiger partial charge is 0.254 e. The SMILES string of the molecule is Cc1cccc(C(=O)N2CCC(C)(C)C(=O)C2)c1. The van der Waals surface area contributed by atoms with Gasteiger partial charge < -0.3 is 4.90 Å². The second-order valence-electron chi connectivity index (χ2n) is 5.65. The number of nitrogens with zero attached hydrogens (tertiary/aromatic N) is 1. The molecule has 0 saturated carbocycles. The average molecular weight is 245 g/mol. The van der Waals surface area contributed by atoms with Gasteiger partial charge in [0, 0.05) is 17.5 Å². The first-order chi connectivity index (χ1) is 8.40. The number of aryl methyl sites for hydroxylation is 1. The molecule has 1 aliphatic rings. The summed E-state index contributed by atoms with van der Waals surface area (Å²) in [6, 6.07) is 7.51. The van der Waals surface area contributed by atoms with E-state index in [0.29, 0.717) is 12.1 Å². The van der Waals surface area contributed by atoms with Crippen molar-refractivity contribution in [2.24, 2.45) is 5.41 Å². The number of likely N-dealkylation sites (tertiary alicyclic amines) is 1. The Morgan fingerprint density at radius 3 is 2.67 bits per heavy atom. The van der Waals surface area contributed by atoms with E-state index in [1.165, 1.54) is 0 Å². The lowest BCUT2D eigenvalue weighted by Gasteiger charge is -2.35. The van der Waals surface area contributed by atoms with Gasteiger partial charge in [0.05, 0.1) is 6.54 Å². The Bertz CT molecular complexity index is 491. The van der Waals surface area contributed by atoms with Crippen LogP contribution in [0, 0.1) is 12.3 Å². The molecule has 1 amide bonds. The van der Waals surface area contributed by atoms with Gasteiger partial charge in [-0.1, -0.05) is 31.5 Å². The molecule has 3 nitrogen and oxygen atoms in total. The molecule has 0 unspecified atom stereocenters. The summed E-state index contributed by atoms with van der Waals surface area (Å²) >= 11 is 0. The normalized spacial score (nSPS) is 18.8. The van der Waals surface area contributed by atoms with Crippen molar-refractivity contribution in [1.29, 1.82) is 0 Å². The van der Waals surface area contributed by atoms with Crippen LogP contribution in [0.3, 0.4) is 0 Å². The highest BCUT2D eigenvalue weighted by Crippen LogP contribution is 2.27. The minimum absolute atomic E-state index is 0.0393. The zero-order chi connectivity index (χ0) is 13.3. The predicted molar refractivity (Wildman–Crippen MR) is 70.5 cm³/mol. The third kappa shape index (κ3) is 2.45. The summed E-state index contributed by atoms with van der Waals surface area (Å²) in [5, 5.41) is 0. The fraction of sp³-hybridized carbons (Fsp3) is 0.467. The van der Waals surface area contributed by atoms with E-state index >= 15 is 0 Å². The third-order valence-electron chi connectivity index (χ3n) is 3.65. The van der Waals surface area contributed by atoms with Gasteiger partial charge in [-0.3, -0.25) is 9.59 Å². The summed E-state index contributed by atoms with van der Waals surface area (Å²) in [7, 11) is 0. The Morgan fingerprint density at radius 2 is 2.06 bits per heavy atom. The van der Waals surface area contributed by atoms with Crippen molar-refractivity contribution in [3.05, 3.63) is 35.4 Å². The number of piperidine rings is 1. The molecule has 1 saturated heterocycles. The second kappa shape index (κ2) is 4.56. The van der Waals surface area contributed by atoms with Crippen LogP contribution in [0.5, 0.6) is 0 Å². The number of carbonyl (C=O) groups excluding carboxylic acids is 2. The number of amides is 1. The van der Waals surface area contributed by atoms with Crippen LogP contribution >= 0.6 is 0 Å². The third-order valence-corrected chi connectivity index (χ3v) is 3.65. The summed E-state index contributed by atoms with van der Waals surface area (Å²) in [5.74, 6) is 0.109. The van der Waals surface area contributed by atoms with E-state index in [4.69, 9.17) is 0 Å². The van der Waals surface area contributed by atoms with Gasteiger partial charge in [0.1, 0.15) is 0 Å². The van der Waals surface area contributed by atoms with Crippen molar-refractivity contribution in [3.8, 4) is 0 Å². The van der Waals surface area contributed by atoms with Crippen LogP contribution in [-0.2, 0) is 4.79 Å². The molecule has 3 heteroatoms. The standard InChI is InChI=1S/C15H19NO2/c1-11-5-4-6-12(9-11)14(18)16-8-7-15(2,3)13(17)10-16/h4-6,9H,7-8,10H2,1-3H3. The van der Waals surface area contributed by atoms with E-state index in [1.54, 1.807) is 11.0 Å². The maximum Gasteiger partial charge on any atom is 0.254 e. The number of carbonyl (C=O) groups is 2. The van der Waals surface area contributed by atoms with Crippen LogP contribution in [0.15, 0.2) is 24.3 Å². The molecule has 0 radical (unpaired) electrons. The lowest BCUT2D eigenvalue weighted by Crippen LogP contribution is -2.47. The Labute approximate surface area is 108 Å². The molecule has 2 rings (SSSR count). The fourth-order valence-electron chi connectivity index (χ4n) is 2.15. The van der Waals surface area contributed by atoms with Crippen molar-refractivity contribution in [3.63, 3.8) is 0 Å². The molecule has 0 bridgehead atoms. The molecule has 1 aromatic rings. The van der Waals surface area contributed by atoms with E-state index < -0.39 is 0 Å². The quantitative estimate of drug-likeness (QED) is 0.762. The van der Waals surface area contributed by atoms with Gasteiger partial charge in [0.25, 0.3) is 5.91 Å². The molecule has 1 fully saturated rings. The maximum absolute atomic E-state index is 12.3. The first-order valence-corrected chi connectivity index (χ1v) is 6.29. The first-order valence-electron chi connectivity index (χ1n) is 6.29. The maximum atomic E-state index is 12.3. The number of benzene rings is 1. The average Bonchev–Trinajstić information content (AvgIpc) is 2.32. The molecule has 1 aliphatic heterocycles. The van der Waals surface area contributed by atoms with E-state index in [2.05, 4.69) is 0 Å². The van der Waals surface area contributed by atoms with Crippen molar-refractivity contribution in [2.45, 2.75) is 27.2 Å². The van der Waals surface area contributed by atoms with Gasteiger partial charge in [0.15, 0.2) is 5.78 Å². The summed E-state index contributed by atoms with van der Waals surface area (Å²) in [4.78, 5) is 25.9. The predicted octanol–water partition coefficient (Wildman–Crippen LogP) is 2.44. The molecule has 1 heterocycles.